The summed E-state index contributed by atoms with van der Waals surface area (Å²) in [6.45, 7) is 3.49. The van der Waals surface area contributed by atoms with Crippen LogP contribution in [0.25, 0.3) is 0 Å². The minimum Gasteiger partial charge on any atom is -0.399 e. The van der Waals surface area contributed by atoms with Gasteiger partial charge in [0.05, 0.1) is 6.10 Å². The van der Waals surface area contributed by atoms with Crippen molar-refractivity contribution in [1.82, 2.24) is 0 Å². The van der Waals surface area contributed by atoms with E-state index in [1.54, 1.807) is 12.1 Å². The van der Waals surface area contributed by atoms with Gasteiger partial charge in [-0.3, -0.25) is 0 Å². The lowest BCUT2D eigenvalue weighted by molar-refractivity contribution is 0.0900. The molecule has 2 atom stereocenters. The van der Waals surface area contributed by atoms with Crippen LogP contribution in [0.5, 0.6) is 0 Å². The predicted octanol–water partition coefficient (Wildman–Crippen LogP) is 3.43. The Morgan fingerprint density at radius 2 is 2.26 bits per heavy atom. The van der Waals surface area contributed by atoms with Crippen molar-refractivity contribution in [1.29, 1.82) is 0 Å². The summed E-state index contributed by atoms with van der Waals surface area (Å²) in [5.41, 5.74) is 6.33. The summed E-state index contributed by atoms with van der Waals surface area (Å²) in [5.74, 6) is 0.382. The Bertz CT molecular complexity index is 426. The van der Waals surface area contributed by atoms with E-state index in [4.69, 9.17) is 10.5 Å². The molecule has 19 heavy (non-hydrogen) atoms. The number of nitrogens with one attached hydrogen (secondary N) is 1. The smallest absolute Gasteiger partial charge is 0.265 e. The van der Waals surface area contributed by atoms with E-state index in [2.05, 4.69) is 12.2 Å². The molecule has 1 saturated heterocycles. The predicted molar refractivity (Wildman–Crippen MR) is 72.4 cm³/mol. The van der Waals surface area contributed by atoms with Crippen molar-refractivity contribution in [3.8, 4) is 0 Å². The largest absolute Gasteiger partial charge is 0.399 e. The molecular weight excluding hydrogens is 250 g/mol. The van der Waals surface area contributed by atoms with Crippen molar-refractivity contribution in [2.75, 3.05) is 24.2 Å². The van der Waals surface area contributed by atoms with Crippen molar-refractivity contribution < 1.29 is 13.5 Å². The Balaban J connectivity index is 2.03. The summed E-state index contributed by atoms with van der Waals surface area (Å²) >= 11 is 0. The zero-order valence-electron chi connectivity index (χ0n) is 11.0. The first-order valence-corrected chi connectivity index (χ1v) is 6.64. The van der Waals surface area contributed by atoms with Crippen LogP contribution in [0.4, 0.5) is 20.2 Å². The molecule has 5 heteroatoms. The summed E-state index contributed by atoms with van der Waals surface area (Å²) in [6.07, 6.45) is -0.357. The maximum absolute atomic E-state index is 12.9. The lowest BCUT2D eigenvalue weighted by Crippen LogP contribution is -2.23. The van der Waals surface area contributed by atoms with Crippen LogP contribution in [0, 0.1) is 5.92 Å². The van der Waals surface area contributed by atoms with Crippen molar-refractivity contribution in [3.63, 3.8) is 0 Å². The van der Waals surface area contributed by atoms with Gasteiger partial charge in [-0.25, -0.2) is 8.78 Å². The Hall–Kier alpha value is -1.36. The summed E-state index contributed by atoms with van der Waals surface area (Å²) in [5, 5.41) is 3.11. The van der Waals surface area contributed by atoms with Gasteiger partial charge in [0.2, 0.25) is 0 Å². The van der Waals surface area contributed by atoms with Gasteiger partial charge in [-0.1, -0.05) is 6.92 Å². The van der Waals surface area contributed by atoms with Crippen molar-refractivity contribution in [3.05, 3.63) is 23.8 Å². The van der Waals surface area contributed by atoms with Crippen LogP contribution in [0.2, 0.25) is 0 Å². The monoisotopic (exact) mass is 270 g/mol. The van der Waals surface area contributed by atoms with Crippen LogP contribution >= 0.6 is 0 Å². The molecule has 3 N–H and O–H groups in total. The molecule has 0 bridgehead atoms. The van der Waals surface area contributed by atoms with E-state index in [-0.39, 0.29) is 11.7 Å². The molecule has 0 radical (unpaired) electrons. The van der Waals surface area contributed by atoms with Gasteiger partial charge in [-0.2, -0.15) is 0 Å². The fourth-order valence-corrected chi connectivity index (χ4v) is 2.54. The average molecular weight is 270 g/mol. The van der Waals surface area contributed by atoms with Gasteiger partial charge in [-0.05, 0) is 31.0 Å². The summed E-state index contributed by atoms with van der Waals surface area (Å²) in [6, 6.07) is 4.58. The highest BCUT2D eigenvalue weighted by atomic mass is 19.3. The topological polar surface area (TPSA) is 47.3 Å². The maximum atomic E-state index is 12.9. The van der Waals surface area contributed by atoms with Gasteiger partial charge < -0.3 is 15.8 Å². The van der Waals surface area contributed by atoms with E-state index in [0.717, 1.165) is 19.4 Å². The number of nitrogen functional groups attached to an aromatic ring is 1. The van der Waals surface area contributed by atoms with E-state index in [9.17, 15) is 8.78 Å². The molecule has 2 rings (SSSR count). The van der Waals surface area contributed by atoms with Gasteiger partial charge in [0.25, 0.3) is 6.43 Å². The fourth-order valence-electron chi connectivity index (χ4n) is 2.54. The molecule has 1 aliphatic rings. The molecule has 1 aromatic rings. The molecule has 1 fully saturated rings. The third kappa shape index (κ3) is 3.35. The van der Waals surface area contributed by atoms with Crippen LogP contribution in [0.15, 0.2) is 18.2 Å². The fraction of sp³-hybridized carbons (Fsp3) is 0.571. The van der Waals surface area contributed by atoms with Crippen LogP contribution in [0.1, 0.15) is 31.8 Å². The molecule has 0 spiro atoms. The lowest BCUT2D eigenvalue weighted by Gasteiger charge is -2.19. The number of halogens is 2. The molecule has 0 saturated carbocycles. The molecule has 1 aliphatic heterocycles. The van der Waals surface area contributed by atoms with E-state index in [1.807, 2.05) is 0 Å². The highest BCUT2D eigenvalue weighted by Crippen LogP contribution is 2.30. The first-order valence-electron chi connectivity index (χ1n) is 6.64. The number of anilines is 2. The Labute approximate surface area is 112 Å². The number of hydrogen-bond acceptors (Lipinski definition) is 3. The third-order valence-corrected chi connectivity index (χ3v) is 3.61. The first kappa shape index (κ1) is 14.1. The number of ether oxygens (including phenoxy) is 1. The Kier molecular flexibility index (Phi) is 4.58. The highest BCUT2D eigenvalue weighted by molar-refractivity contribution is 5.58. The number of benzene rings is 1. The van der Waals surface area contributed by atoms with Gasteiger partial charge in [0.1, 0.15) is 0 Å². The molecule has 1 heterocycles. The molecule has 0 aliphatic carbocycles. The molecule has 106 valence electrons. The Morgan fingerprint density at radius 3 is 2.95 bits per heavy atom. The molecule has 3 nitrogen and oxygen atoms in total. The highest BCUT2D eigenvalue weighted by Gasteiger charge is 2.26. The average Bonchev–Trinajstić information content (AvgIpc) is 2.84. The van der Waals surface area contributed by atoms with E-state index < -0.39 is 6.43 Å². The number of rotatable bonds is 5. The van der Waals surface area contributed by atoms with Crippen LogP contribution in [0.3, 0.4) is 0 Å². The lowest BCUT2D eigenvalue weighted by atomic mass is 9.99. The zero-order valence-corrected chi connectivity index (χ0v) is 11.0. The molecule has 2 unspecified atom stereocenters. The van der Waals surface area contributed by atoms with Crippen molar-refractivity contribution in [2.24, 2.45) is 5.92 Å². The van der Waals surface area contributed by atoms with Gasteiger partial charge in [-0.15, -0.1) is 0 Å². The van der Waals surface area contributed by atoms with Gasteiger partial charge in [0, 0.05) is 36.0 Å². The second kappa shape index (κ2) is 6.19. The summed E-state index contributed by atoms with van der Waals surface area (Å²) in [4.78, 5) is 0. The van der Waals surface area contributed by atoms with Crippen molar-refractivity contribution >= 4 is 11.4 Å². The van der Waals surface area contributed by atoms with Crippen LogP contribution in [-0.4, -0.2) is 19.3 Å². The summed E-state index contributed by atoms with van der Waals surface area (Å²) < 4.78 is 31.5. The SMILES string of the molecule is CCC1OCCC1CNc1ccc(N)cc1C(F)F. The third-order valence-electron chi connectivity index (χ3n) is 3.61. The second-order valence-corrected chi connectivity index (χ2v) is 4.89. The first-order chi connectivity index (χ1) is 9.11. The molecule has 0 aromatic heterocycles. The minimum atomic E-state index is -2.52. The van der Waals surface area contributed by atoms with Gasteiger partial charge >= 0.3 is 0 Å². The number of alkyl halides is 2. The maximum Gasteiger partial charge on any atom is 0.265 e. The molecule has 0 amide bonds. The quantitative estimate of drug-likeness (QED) is 0.806. The molecule has 1 aromatic carbocycles. The minimum absolute atomic E-state index is 0.0352. The second-order valence-electron chi connectivity index (χ2n) is 4.89. The van der Waals surface area contributed by atoms with Crippen molar-refractivity contribution in [2.45, 2.75) is 32.3 Å². The normalized spacial score (nSPS) is 22.9. The Morgan fingerprint density at radius 1 is 1.47 bits per heavy atom. The number of nitrogens with two attached hydrogens (primary N) is 1. The van der Waals surface area contributed by atoms with E-state index in [1.165, 1.54) is 6.07 Å². The number of hydrogen-bond donors (Lipinski definition) is 2. The van der Waals surface area contributed by atoms with Crippen LogP contribution in [-0.2, 0) is 4.74 Å². The van der Waals surface area contributed by atoms with E-state index in [0.29, 0.717) is 23.8 Å². The molecular formula is C14H20F2N2O. The van der Waals surface area contributed by atoms with Gasteiger partial charge in [0.15, 0.2) is 0 Å². The van der Waals surface area contributed by atoms with E-state index >= 15 is 0 Å². The zero-order chi connectivity index (χ0) is 13.8. The standard InChI is InChI=1S/C14H20F2N2O/c1-2-13-9(5-6-19-13)8-18-12-4-3-10(17)7-11(12)14(15)16/h3-4,7,9,13-14,18H,2,5-6,8,17H2,1H3. The summed E-state index contributed by atoms with van der Waals surface area (Å²) in [7, 11) is 0. The van der Waals surface area contributed by atoms with Crippen LogP contribution < -0.4 is 11.1 Å².